The molecule has 7 heteroatoms. The standard InChI is InChI=1S/C23H25N3O4/c1-16-4-6-18(24-23(28)29)14-21(16)26-11-8-17-5-7-19(15-20(17)22(26)27)30-13-12-25-9-2-3-10-25/h4-8,11,14-15,24H,2-3,9-10,12-13H2,1H3,(H,28,29). The van der Waals surface area contributed by atoms with E-state index in [1.807, 2.05) is 25.1 Å². The molecule has 0 atom stereocenters. The molecule has 2 N–H and O–H groups in total. The number of likely N-dealkylation sites (tertiary alicyclic amines) is 1. The molecule has 2 aromatic carbocycles. The van der Waals surface area contributed by atoms with Gasteiger partial charge in [-0.25, -0.2) is 4.79 Å². The van der Waals surface area contributed by atoms with Crippen molar-refractivity contribution in [2.45, 2.75) is 19.8 Å². The van der Waals surface area contributed by atoms with Gasteiger partial charge in [-0.2, -0.15) is 0 Å². The maximum atomic E-state index is 13.2. The molecular formula is C23H25N3O4. The fraction of sp³-hybridized carbons (Fsp3) is 0.304. The Balaban J connectivity index is 1.63. The third-order valence-electron chi connectivity index (χ3n) is 5.47. The zero-order valence-corrected chi connectivity index (χ0v) is 16.9. The molecule has 1 amide bonds. The van der Waals surface area contributed by atoms with Gasteiger partial charge in [0, 0.05) is 18.4 Å². The number of ether oxygens (including phenoxy) is 1. The van der Waals surface area contributed by atoms with E-state index in [-0.39, 0.29) is 5.56 Å². The van der Waals surface area contributed by atoms with Crippen molar-refractivity contribution >= 4 is 22.6 Å². The van der Waals surface area contributed by atoms with Gasteiger partial charge in [0.15, 0.2) is 0 Å². The number of hydrogen-bond donors (Lipinski definition) is 2. The van der Waals surface area contributed by atoms with Gasteiger partial charge in [0.1, 0.15) is 12.4 Å². The number of rotatable bonds is 6. The summed E-state index contributed by atoms with van der Waals surface area (Å²) >= 11 is 0. The third-order valence-corrected chi connectivity index (χ3v) is 5.47. The van der Waals surface area contributed by atoms with E-state index in [1.165, 1.54) is 12.8 Å². The molecule has 30 heavy (non-hydrogen) atoms. The van der Waals surface area contributed by atoms with Gasteiger partial charge in [-0.3, -0.25) is 19.6 Å². The number of amides is 1. The molecule has 0 radical (unpaired) electrons. The second-order valence-electron chi connectivity index (χ2n) is 7.57. The summed E-state index contributed by atoms with van der Waals surface area (Å²) in [6.07, 6.45) is 3.06. The quantitative estimate of drug-likeness (QED) is 0.648. The van der Waals surface area contributed by atoms with Gasteiger partial charge in [0.25, 0.3) is 5.56 Å². The van der Waals surface area contributed by atoms with Gasteiger partial charge in [0.2, 0.25) is 0 Å². The van der Waals surface area contributed by atoms with Crippen molar-refractivity contribution in [3.05, 3.63) is 64.6 Å². The Morgan fingerprint density at radius 1 is 1.13 bits per heavy atom. The molecule has 156 valence electrons. The normalized spacial score (nSPS) is 14.2. The highest BCUT2D eigenvalue weighted by molar-refractivity contribution is 5.84. The van der Waals surface area contributed by atoms with Gasteiger partial charge in [-0.05, 0) is 74.1 Å². The topological polar surface area (TPSA) is 83.8 Å². The number of carbonyl (C=O) groups is 1. The van der Waals surface area contributed by atoms with E-state index in [0.717, 1.165) is 30.6 Å². The third kappa shape index (κ3) is 4.31. The lowest BCUT2D eigenvalue weighted by Gasteiger charge is -2.15. The first-order valence-electron chi connectivity index (χ1n) is 10.1. The number of nitrogens with zero attached hydrogens (tertiary/aromatic N) is 2. The first-order chi connectivity index (χ1) is 14.5. The predicted molar refractivity (Wildman–Crippen MR) is 117 cm³/mol. The smallest absolute Gasteiger partial charge is 0.409 e. The fourth-order valence-electron chi connectivity index (χ4n) is 3.87. The fourth-order valence-corrected chi connectivity index (χ4v) is 3.87. The Morgan fingerprint density at radius 3 is 2.70 bits per heavy atom. The Labute approximate surface area is 174 Å². The summed E-state index contributed by atoms with van der Waals surface area (Å²) in [6.45, 7) is 5.62. The SMILES string of the molecule is Cc1ccc(NC(=O)O)cc1-n1ccc2ccc(OCCN3CCCC3)cc2c1=O. The van der Waals surface area contributed by atoms with Crippen LogP contribution >= 0.6 is 0 Å². The molecular weight excluding hydrogens is 382 g/mol. The summed E-state index contributed by atoms with van der Waals surface area (Å²) in [5.41, 5.74) is 1.74. The van der Waals surface area contributed by atoms with E-state index in [2.05, 4.69) is 10.2 Å². The van der Waals surface area contributed by atoms with E-state index in [9.17, 15) is 9.59 Å². The van der Waals surface area contributed by atoms with Crippen molar-refractivity contribution in [2.75, 3.05) is 31.6 Å². The van der Waals surface area contributed by atoms with Crippen LogP contribution in [0, 0.1) is 6.92 Å². The van der Waals surface area contributed by atoms with Gasteiger partial charge >= 0.3 is 6.09 Å². The molecule has 0 aliphatic carbocycles. The lowest BCUT2D eigenvalue weighted by atomic mass is 10.1. The molecule has 0 unspecified atom stereocenters. The summed E-state index contributed by atoms with van der Waals surface area (Å²) in [4.78, 5) is 26.6. The molecule has 1 aliphatic heterocycles. The largest absolute Gasteiger partial charge is 0.492 e. The number of fused-ring (bicyclic) bond motifs is 1. The zero-order valence-electron chi connectivity index (χ0n) is 16.9. The Bertz CT molecular complexity index is 1130. The first-order valence-corrected chi connectivity index (χ1v) is 10.1. The van der Waals surface area contributed by atoms with Gasteiger partial charge in [0.05, 0.1) is 11.1 Å². The summed E-state index contributed by atoms with van der Waals surface area (Å²) in [5, 5.41) is 12.7. The molecule has 0 saturated carbocycles. The minimum absolute atomic E-state index is 0.173. The van der Waals surface area contributed by atoms with Crippen LogP contribution in [0.1, 0.15) is 18.4 Å². The summed E-state index contributed by atoms with van der Waals surface area (Å²) in [6, 6.07) is 12.6. The van der Waals surface area contributed by atoms with Crippen molar-refractivity contribution in [3.8, 4) is 11.4 Å². The number of hydrogen-bond acceptors (Lipinski definition) is 4. The number of carboxylic acid groups (broad SMARTS) is 1. The molecule has 3 aromatic rings. The second kappa shape index (κ2) is 8.59. The van der Waals surface area contributed by atoms with Gasteiger partial charge in [-0.1, -0.05) is 12.1 Å². The molecule has 1 aliphatic rings. The molecule has 1 aromatic heterocycles. The lowest BCUT2D eigenvalue weighted by Crippen LogP contribution is -2.25. The molecule has 0 spiro atoms. The average molecular weight is 407 g/mol. The minimum atomic E-state index is -1.15. The van der Waals surface area contributed by atoms with Crippen LogP contribution in [0.2, 0.25) is 0 Å². The Morgan fingerprint density at radius 2 is 1.93 bits per heavy atom. The van der Waals surface area contributed by atoms with Crippen molar-refractivity contribution in [3.63, 3.8) is 0 Å². The summed E-state index contributed by atoms with van der Waals surface area (Å²) < 4.78 is 7.44. The van der Waals surface area contributed by atoms with Crippen LogP contribution in [0.4, 0.5) is 10.5 Å². The van der Waals surface area contributed by atoms with E-state index in [0.29, 0.717) is 29.1 Å². The van der Waals surface area contributed by atoms with Crippen LogP contribution in [0.5, 0.6) is 5.75 Å². The van der Waals surface area contributed by atoms with Crippen LogP contribution < -0.4 is 15.6 Å². The van der Waals surface area contributed by atoms with E-state index >= 15 is 0 Å². The average Bonchev–Trinajstić information content (AvgIpc) is 3.23. The molecule has 7 nitrogen and oxygen atoms in total. The number of aryl methyl sites for hydroxylation is 1. The second-order valence-corrected chi connectivity index (χ2v) is 7.57. The highest BCUT2D eigenvalue weighted by atomic mass is 16.5. The number of anilines is 1. The molecule has 4 rings (SSSR count). The minimum Gasteiger partial charge on any atom is -0.492 e. The molecule has 1 fully saturated rings. The van der Waals surface area contributed by atoms with Crippen LogP contribution in [-0.2, 0) is 0 Å². The molecule has 0 bridgehead atoms. The highest BCUT2D eigenvalue weighted by Crippen LogP contribution is 2.22. The summed E-state index contributed by atoms with van der Waals surface area (Å²) in [7, 11) is 0. The van der Waals surface area contributed by atoms with Gasteiger partial charge < -0.3 is 9.84 Å². The van der Waals surface area contributed by atoms with Gasteiger partial charge in [-0.15, -0.1) is 0 Å². The van der Waals surface area contributed by atoms with Crippen molar-refractivity contribution in [2.24, 2.45) is 0 Å². The Hall–Kier alpha value is -3.32. The maximum Gasteiger partial charge on any atom is 0.409 e. The number of nitrogens with one attached hydrogen (secondary N) is 1. The van der Waals surface area contributed by atoms with Crippen molar-refractivity contribution in [1.29, 1.82) is 0 Å². The monoisotopic (exact) mass is 407 g/mol. The van der Waals surface area contributed by atoms with Crippen LogP contribution in [0.15, 0.2) is 53.5 Å². The maximum absolute atomic E-state index is 13.2. The lowest BCUT2D eigenvalue weighted by molar-refractivity contribution is 0.209. The highest BCUT2D eigenvalue weighted by Gasteiger charge is 2.12. The van der Waals surface area contributed by atoms with Crippen molar-refractivity contribution < 1.29 is 14.6 Å². The number of benzene rings is 2. The van der Waals surface area contributed by atoms with Crippen LogP contribution in [-0.4, -0.2) is 46.9 Å². The van der Waals surface area contributed by atoms with Crippen molar-refractivity contribution in [1.82, 2.24) is 9.47 Å². The van der Waals surface area contributed by atoms with E-state index < -0.39 is 6.09 Å². The predicted octanol–water partition coefficient (Wildman–Crippen LogP) is 3.86. The van der Waals surface area contributed by atoms with E-state index in [4.69, 9.17) is 9.84 Å². The van der Waals surface area contributed by atoms with E-state index in [1.54, 1.807) is 35.0 Å². The Kier molecular flexibility index (Phi) is 5.72. The number of aromatic nitrogens is 1. The van der Waals surface area contributed by atoms with Crippen LogP contribution in [0.3, 0.4) is 0 Å². The summed E-state index contributed by atoms with van der Waals surface area (Å²) in [5.74, 6) is 0.676. The molecule has 2 heterocycles. The zero-order chi connectivity index (χ0) is 21.1. The first kappa shape index (κ1) is 20.0. The van der Waals surface area contributed by atoms with Crippen LogP contribution in [0.25, 0.3) is 16.5 Å². The molecule has 1 saturated heterocycles. The number of pyridine rings is 1.